The fourth-order valence-corrected chi connectivity index (χ4v) is 1.40. The molecule has 1 saturated heterocycles. The van der Waals surface area contributed by atoms with Crippen molar-refractivity contribution in [2.24, 2.45) is 0 Å². The van der Waals surface area contributed by atoms with Gasteiger partial charge in [0.1, 0.15) is 0 Å². The fraction of sp³-hybridized carbons (Fsp3) is 0.875. The normalized spacial score (nSPS) is 24.8. The Morgan fingerprint density at radius 3 is 3.08 bits per heavy atom. The van der Waals surface area contributed by atoms with Gasteiger partial charge >= 0.3 is 6.09 Å². The summed E-state index contributed by atoms with van der Waals surface area (Å²) in [6, 6.07) is 0.367. The van der Waals surface area contributed by atoms with Crippen molar-refractivity contribution in [2.75, 3.05) is 26.7 Å². The van der Waals surface area contributed by atoms with Crippen LogP contribution in [-0.2, 0) is 4.74 Å². The quantitative estimate of drug-likeness (QED) is 0.576. The highest BCUT2D eigenvalue weighted by atomic mass is 16.5. The number of ether oxygens (including phenoxy) is 1. The summed E-state index contributed by atoms with van der Waals surface area (Å²) in [6.07, 6.45) is 0.782. The molecule has 0 saturated carbocycles. The monoisotopic (exact) mass is 172 g/mol. The van der Waals surface area contributed by atoms with E-state index in [0.29, 0.717) is 6.04 Å². The van der Waals surface area contributed by atoms with Crippen LogP contribution >= 0.6 is 0 Å². The molecule has 1 aliphatic heterocycles. The van der Waals surface area contributed by atoms with Crippen molar-refractivity contribution in [3.63, 3.8) is 0 Å². The van der Waals surface area contributed by atoms with Crippen LogP contribution in [-0.4, -0.2) is 43.8 Å². The molecule has 1 fully saturated rings. The van der Waals surface area contributed by atoms with E-state index in [1.54, 1.807) is 4.90 Å². The molecule has 70 valence electrons. The lowest BCUT2D eigenvalue weighted by Crippen LogP contribution is -2.38. The van der Waals surface area contributed by atoms with E-state index >= 15 is 0 Å². The highest BCUT2D eigenvalue weighted by molar-refractivity contribution is 5.67. The Balaban J connectivity index is 2.46. The first kappa shape index (κ1) is 9.32. The lowest BCUT2D eigenvalue weighted by Gasteiger charge is -2.20. The maximum absolute atomic E-state index is 11.1. The van der Waals surface area contributed by atoms with Crippen LogP contribution in [0.3, 0.4) is 0 Å². The first-order valence-electron chi connectivity index (χ1n) is 4.30. The van der Waals surface area contributed by atoms with Crippen molar-refractivity contribution < 1.29 is 9.53 Å². The van der Waals surface area contributed by atoms with E-state index in [1.165, 1.54) is 7.11 Å². The Hall–Kier alpha value is -0.770. The Kier molecular flexibility index (Phi) is 3.34. The molecule has 1 heterocycles. The van der Waals surface area contributed by atoms with Crippen molar-refractivity contribution in [1.29, 1.82) is 0 Å². The summed E-state index contributed by atoms with van der Waals surface area (Å²) in [5.74, 6) is 0. The minimum absolute atomic E-state index is 0.217. The number of nitrogens with one attached hydrogen (secondary N) is 1. The van der Waals surface area contributed by atoms with E-state index in [1.807, 2.05) is 0 Å². The lowest BCUT2D eigenvalue weighted by atomic mass is 10.3. The van der Waals surface area contributed by atoms with Gasteiger partial charge in [0.15, 0.2) is 0 Å². The molecule has 1 atom stereocenters. The van der Waals surface area contributed by atoms with Crippen LogP contribution in [0.2, 0.25) is 0 Å². The van der Waals surface area contributed by atoms with Crippen LogP contribution in [0.5, 0.6) is 0 Å². The number of nitrogens with zero attached hydrogens (tertiary/aromatic N) is 1. The molecule has 0 aromatic rings. The van der Waals surface area contributed by atoms with E-state index in [0.717, 1.165) is 26.1 Å². The third-order valence-corrected chi connectivity index (χ3v) is 2.02. The van der Waals surface area contributed by atoms with E-state index < -0.39 is 0 Å². The molecule has 0 aliphatic carbocycles. The van der Waals surface area contributed by atoms with Gasteiger partial charge in [-0.25, -0.2) is 4.79 Å². The van der Waals surface area contributed by atoms with Gasteiger partial charge in [0.05, 0.1) is 7.11 Å². The fourth-order valence-electron chi connectivity index (χ4n) is 1.40. The standard InChI is InChI=1S/C8H16N2O2/c1-7-6-10(8(11)12-2)5-3-4-9-7/h7,9H,3-6H2,1-2H3. The molecule has 0 aromatic carbocycles. The first-order chi connectivity index (χ1) is 5.74. The summed E-state index contributed by atoms with van der Waals surface area (Å²) in [4.78, 5) is 12.9. The average molecular weight is 172 g/mol. The molecule has 1 aliphatic rings. The summed E-state index contributed by atoms with van der Waals surface area (Å²) >= 11 is 0. The van der Waals surface area contributed by atoms with Crippen LogP contribution in [0.4, 0.5) is 4.79 Å². The molecule has 0 spiro atoms. The van der Waals surface area contributed by atoms with Crippen LogP contribution in [0.25, 0.3) is 0 Å². The Labute approximate surface area is 72.9 Å². The largest absolute Gasteiger partial charge is 0.453 e. The molecule has 1 unspecified atom stereocenters. The molecule has 4 nitrogen and oxygen atoms in total. The number of amides is 1. The molecule has 12 heavy (non-hydrogen) atoms. The van der Waals surface area contributed by atoms with Gasteiger partial charge < -0.3 is 15.0 Å². The number of carbonyl (C=O) groups is 1. The number of hydrogen-bond acceptors (Lipinski definition) is 3. The lowest BCUT2D eigenvalue weighted by molar-refractivity contribution is 0.123. The average Bonchev–Trinajstić information content (AvgIpc) is 2.28. The maximum Gasteiger partial charge on any atom is 0.409 e. The van der Waals surface area contributed by atoms with Gasteiger partial charge in [0.25, 0.3) is 0 Å². The van der Waals surface area contributed by atoms with Crippen molar-refractivity contribution in [3.05, 3.63) is 0 Å². The van der Waals surface area contributed by atoms with Gasteiger partial charge in [-0.15, -0.1) is 0 Å². The molecule has 4 heteroatoms. The van der Waals surface area contributed by atoms with E-state index in [-0.39, 0.29) is 6.09 Å². The van der Waals surface area contributed by atoms with Crippen molar-refractivity contribution in [3.8, 4) is 0 Å². The molecule has 0 radical (unpaired) electrons. The number of hydrogen-bond donors (Lipinski definition) is 1. The molecule has 0 bridgehead atoms. The highest BCUT2D eigenvalue weighted by Gasteiger charge is 2.18. The van der Waals surface area contributed by atoms with E-state index in [2.05, 4.69) is 17.0 Å². The second-order valence-electron chi connectivity index (χ2n) is 3.12. The van der Waals surface area contributed by atoms with Crippen molar-refractivity contribution in [2.45, 2.75) is 19.4 Å². The van der Waals surface area contributed by atoms with Crippen LogP contribution in [0, 0.1) is 0 Å². The van der Waals surface area contributed by atoms with E-state index in [9.17, 15) is 4.79 Å². The zero-order chi connectivity index (χ0) is 8.97. The Morgan fingerprint density at radius 1 is 1.67 bits per heavy atom. The topological polar surface area (TPSA) is 41.6 Å². The molecular weight excluding hydrogens is 156 g/mol. The third-order valence-electron chi connectivity index (χ3n) is 2.02. The van der Waals surface area contributed by atoms with Gasteiger partial charge in [-0.2, -0.15) is 0 Å². The molecular formula is C8H16N2O2. The second-order valence-corrected chi connectivity index (χ2v) is 3.12. The summed E-state index contributed by atoms with van der Waals surface area (Å²) < 4.78 is 4.65. The summed E-state index contributed by atoms with van der Waals surface area (Å²) in [7, 11) is 1.42. The first-order valence-corrected chi connectivity index (χ1v) is 4.30. The summed E-state index contributed by atoms with van der Waals surface area (Å²) in [5.41, 5.74) is 0. The van der Waals surface area contributed by atoms with Crippen molar-refractivity contribution in [1.82, 2.24) is 10.2 Å². The summed E-state index contributed by atoms with van der Waals surface area (Å²) in [6.45, 7) is 4.59. The SMILES string of the molecule is COC(=O)N1CCCNC(C)C1. The Bertz CT molecular complexity index is 161. The zero-order valence-corrected chi connectivity index (χ0v) is 7.67. The van der Waals surface area contributed by atoms with Gasteiger partial charge in [0, 0.05) is 19.1 Å². The number of methoxy groups -OCH3 is 1. The zero-order valence-electron chi connectivity index (χ0n) is 7.67. The third kappa shape index (κ3) is 2.37. The summed E-state index contributed by atoms with van der Waals surface area (Å²) in [5, 5.41) is 3.30. The van der Waals surface area contributed by atoms with Gasteiger partial charge in [-0.3, -0.25) is 0 Å². The number of carbonyl (C=O) groups excluding carboxylic acids is 1. The molecule has 1 amide bonds. The van der Waals surface area contributed by atoms with Gasteiger partial charge in [-0.1, -0.05) is 0 Å². The second kappa shape index (κ2) is 4.30. The minimum atomic E-state index is -0.217. The highest BCUT2D eigenvalue weighted by Crippen LogP contribution is 2.01. The predicted molar refractivity (Wildman–Crippen MR) is 46.1 cm³/mol. The van der Waals surface area contributed by atoms with E-state index in [4.69, 9.17) is 0 Å². The molecule has 1 N–H and O–H groups in total. The van der Waals surface area contributed by atoms with Crippen molar-refractivity contribution >= 4 is 6.09 Å². The number of rotatable bonds is 0. The Morgan fingerprint density at radius 2 is 2.42 bits per heavy atom. The van der Waals surface area contributed by atoms with Gasteiger partial charge in [0.2, 0.25) is 0 Å². The maximum atomic E-state index is 11.1. The molecule has 0 aromatic heterocycles. The van der Waals surface area contributed by atoms with Crippen LogP contribution < -0.4 is 5.32 Å². The molecule has 1 rings (SSSR count). The minimum Gasteiger partial charge on any atom is -0.453 e. The smallest absolute Gasteiger partial charge is 0.409 e. The van der Waals surface area contributed by atoms with Crippen LogP contribution in [0.15, 0.2) is 0 Å². The van der Waals surface area contributed by atoms with Crippen LogP contribution in [0.1, 0.15) is 13.3 Å². The van der Waals surface area contributed by atoms with Gasteiger partial charge in [-0.05, 0) is 19.9 Å². The predicted octanol–water partition coefficient (Wildman–Crippen LogP) is 0.437.